The molecule has 3 aromatic rings. The van der Waals surface area contributed by atoms with Crippen molar-refractivity contribution in [1.29, 1.82) is 0 Å². The first-order valence-corrected chi connectivity index (χ1v) is 8.06. The van der Waals surface area contributed by atoms with Gasteiger partial charge in [0.25, 0.3) is 0 Å². The molecule has 0 aromatic carbocycles. The zero-order chi connectivity index (χ0) is 13.1. The van der Waals surface area contributed by atoms with E-state index in [4.69, 9.17) is 5.73 Å². The minimum atomic E-state index is 0.687. The first-order valence-electron chi connectivity index (χ1n) is 6.30. The van der Waals surface area contributed by atoms with Gasteiger partial charge in [-0.3, -0.25) is 0 Å². The maximum atomic E-state index is 5.76. The monoisotopic (exact) mass is 283 g/mol. The molecular formula is C15H14BNS2. The van der Waals surface area contributed by atoms with E-state index in [9.17, 15) is 0 Å². The fourth-order valence-electron chi connectivity index (χ4n) is 2.31. The molecule has 94 valence electrons. The molecular weight excluding hydrogens is 269 g/mol. The van der Waals surface area contributed by atoms with Crippen molar-refractivity contribution in [3.05, 3.63) is 52.6 Å². The average molecular weight is 283 g/mol. The van der Waals surface area contributed by atoms with Crippen LogP contribution < -0.4 is 5.73 Å². The summed E-state index contributed by atoms with van der Waals surface area (Å²) in [6, 6.07) is 10.8. The van der Waals surface area contributed by atoms with Crippen molar-refractivity contribution >= 4 is 29.6 Å². The first-order chi connectivity index (χ1) is 9.40. The summed E-state index contributed by atoms with van der Waals surface area (Å²) in [4.78, 5) is 2.65. The van der Waals surface area contributed by atoms with E-state index in [-0.39, 0.29) is 0 Å². The second-order valence-electron chi connectivity index (χ2n) is 4.33. The Morgan fingerprint density at radius 2 is 1.74 bits per heavy atom. The van der Waals surface area contributed by atoms with E-state index in [1.165, 1.54) is 26.3 Å². The zero-order valence-electron chi connectivity index (χ0n) is 10.5. The normalized spacial score (nSPS) is 10.6. The van der Waals surface area contributed by atoms with Crippen LogP contribution in [0.3, 0.4) is 0 Å². The fraction of sp³-hybridized carbons (Fsp3) is 0.133. The molecule has 0 fully saturated rings. The summed E-state index contributed by atoms with van der Waals surface area (Å²) in [6.07, 6.45) is 0.923. The van der Waals surface area contributed by atoms with Crippen LogP contribution in [0.15, 0.2) is 47.1 Å². The number of thiophene rings is 2. The molecule has 0 amide bonds. The van der Waals surface area contributed by atoms with Crippen molar-refractivity contribution < 1.29 is 0 Å². The van der Waals surface area contributed by atoms with Gasteiger partial charge in [-0.1, -0.05) is 0 Å². The molecule has 2 N–H and O–H groups in total. The van der Waals surface area contributed by atoms with Gasteiger partial charge in [0, 0.05) is 0 Å². The van der Waals surface area contributed by atoms with Gasteiger partial charge in [-0.05, 0) is 0 Å². The quantitative estimate of drug-likeness (QED) is 0.770. The van der Waals surface area contributed by atoms with Gasteiger partial charge >= 0.3 is 122 Å². The van der Waals surface area contributed by atoms with Crippen molar-refractivity contribution in [2.45, 2.75) is 6.42 Å². The summed E-state index contributed by atoms with van der Waals surface area (Å²) in [5, 5.41) is 4.26. The summed E-state index contributed by atoms with van der Waals surface area (Å²) < 4.78 is 0. The fourth-order valence-corrected chi connectivity index (χ4v) is 3.89. The van der Waals surface area contributed by atoms with Gasteiger partial charge in [-0.2, -0.15) is 0 Å². The zero-order valence-corrected chi connectivity index (χ0v) is 12.1. The van der Waals surface area contributed by atoms with E-state index < -0.39 is 0 Å². The molecule has 0 saturated heterocycles. The van der Waals surface area contributed by atoms with E-state index in [0.717, 1.165) is 6.42 Å². The molecule has 19 heavy (non-hydrogen) atoms. The van der Waals surface area contributed by atoms with Crippen molar-refractivity contribution in [3.63, 3.8) is 0 Å². The van der Waals surface area contributed by atoms with E-state index in [2.05, 4.69) is 54.0 Å². The summed E-state index contributed by atoms with van der Waals surface area (Å²) in [6.45, 7) is 2.90. The van der Waals surface area contributed by atoms with Crippen molar-refractivity contribution in [3.8, 4) is 20.8 Å². The molecule has 3 rings (SSSR count). The third kappa shape index (κ3) is 2.57. The summed E-state index contributed by atoms with van der Waals surface area (Å²) in [5.74, 6) is 2.14. The minimum absolute atomic E-state index is 0.687. The van der Waals surface area contributed by atoms with Gasteiger partial charge in [0.2, 0.25) is 0 Å². The van der Waals surface area contributed by atoms with E-state index in [0.29, 0.717) is 6.54 Å². The Bertz CT molecular complexity index is 645. The standard InChI is InChI=1S/C15H14BNS2/c17-8-6-11-5-7-16-15(13-4-2-10-19-13)14(11)12-3-1-9-18-12/h1-5,7,9-10H,6,8,17H2. The van der Waals surface area contributed by atoms with Gasteiger partial charge < -0.3 is 0 Å². The first kappa shape index (κ1) is 12.8. The predicted molar refractivity (Wildman–Crippen MR) is 87.2 cm³/mol. The van der Waals surface area contributed by atoms with Crippen LogP contribution >= 0.6 is 22.7 Å². The third-order valence-electron chi connectivity index (χ3n) is 3.12. The van der Waals surface area contributed by atoms with Crippen LogP contribution in [0.5, 0.6) is 0 Å². The van der Waals surface area contributed by atoms with E-state index >= 15 is 0 Å². The Morgan fingerprint density at radius 3 is 2.37 bits per heavy atom. The van der Waals surface area contributed by atoms with Crippen LogP contribution in [-0.4, -0.2) is 13.5 Å². The molecule has 0 bridgehead atoms. The molecule has 4 heteroatoms. The maximum absolute atomic E-state index is 5.76. The Balaban J connectivity index is 2.22. The van der Waals surface area contributed by atoms with Gasteiger partial charge in [0.05, 0.1) is 0 Å². The van der Waals surface area contributed by atoms with Crippen LogP contribution in [0.1, 0.15) is 5.56 Å². The van der Waals surface area contributed by atoms with Crippen molar-refractivity contribution in [1.82, 2.24) is 0 Å². The SMILES string of the molecule is NCCc1ccbc(-c2cccs2)c1-c1cccs1. The van der Waals surface area contributed by atoms with Crippen LogP contribution in [0, 0.1) is 0 Å². The molecule has 3 heterocycles. The molecule has 0 aliphatic rings. The van der Waals surface area contributed by atoms with Gasteiger partial charge in [0.1, 0.15) is 0 Å². The molecule has 0 atom stereocenters. The second-order valence-corrected chi connectivity index (χ2v) is 6.23. The summed E-state index contributed by atoms with van der Waals surface area (Å²) >= 11 is 3.58. The third-order valence-corrected chi connectivity index (χ3v) is 4.91. The Morgan fingerprint density at radius 1 is 1.00 bits per heavy atom. The summed E-state index contributed by atoms with van der Waals surface area (Å²) in [5.41, 5.74) is 9.78. The number of nitrogens with two attached hydrogens (primary N) is 1. The second kappa shape index (κ2) is 5.82. The Kier molecular flexibility index (Phi) is 3.92. The van der Waals surface area contributed by atoms with Crippen molar-refractivity contribution in [2.75, 3.05) is 6.54 Å². The predicted octanol–water partition coefficient (Wildman–Crippen LogP) is 3.98. The number of rotatable bonds is 4. The topological polar surface area (TPSA) is 26.0 Å². The molecule has 0 radical (unpaired) electrons. The van der Waals surface area contributed by atoms with Crippen LogP contribution in [-0.2, 0) is 6.42 Å². The van der Waals surface area contributed by atoms with Gasteiger partial charge in [-0.15, -0.1) is 0 Å². The molecule has 1 nitrogen and oxygen atoms in total. The molecule has 0 aliphatic heterocycles. The number of hydrogen-bond donors (Lipinski definition) is 1. The number of hydrogen-bond acceptors (Lipinski definition) is 3. The molecule has 3 aromatic heterocycles. The van der Waals surface area contributed by atoms with Crippen molar-refractivity contribution in [2.24, 2.45) is 5.73 Å². The molecule has 0 spiro atoms. The molecule has 0 unspecified atom stereocenters. The van der Waals surface area contributed by atoms with E-state index in [1.807, 2.05) is 0 Å². The van der Waals surface area contributed by atoms with Gasteiger partial charge in [-0.25, -0.2) is 0 Å². The van der Waals surface area contributed by atoms with E-state index in [1.54, 1.807) is 22.7 Å². The molecule has 0 saturated carbocycles. The molecule has 0 aliphatic carbocycles. The average Bonchev–Trinajstić information content (AvgIpc) is 3.12. The van der Waals surface area contributed by atoms with Crippen LogP contribution in [0.25, 0.3) is 20.8 Å². The Hall–Kier alpha value is -1.23. The Labute approximate surface area is 121 Å². The van der Waals surface area contributed by atoms with Crippen LogP contribution in [0.4, 0.5) is 0 Å². The van der Waals surface area contributed by atoms with Crippen LogP contribution in [0.2, 0.25) is 0 Å². The van der Waals surface area contributed by atoms with Gasteiger partial charge in [0.15, 0.2) is 0 Å². The summed E-state index contributed by atoms with van der Waals surface area (Å²) in [7, 11) is 0.